The highest BCUT2D eigenvalue weighted by molar-refractivity contribution is 5.81. The molecule has 0 amide bonds. The fourth-order valence-electron chi connectivity index (χ4n) is 3.83. The quantitative estimate of drug-likeness (QED) is 0.315. The summed E-state index contributed by atoms with van der Waals surface area (Å²) in [6.45, 7) is 1.99. The summed E-state index contributed by atoms with van der Waals surface area (Å²) < 4.78 is 48.0. The van der Waals surface area contributed by atoms with Gasteiger partial charge in [0.1, 0.15) is 5.69 Å². The van der Waals surface area contributed by atoms with Crippen molar-refractivity contribution in [3.05, 3.63) is 84.1 Å². The van der Waals surface area contributed by atoms with Gasteiger partial charge in [0.15, 0.2) is 17.0 Å². The molecular weight excluding hydrogens is 457 g/mol. The number of fused-ring (bicyclic) bond motifs is 2. The highest BCUT2D eigenvalue weighted by Crippen LogP contribution is 2.33. The molecule has 172 valence electrons. The van der Waals surface area contributed by atoms with Crippen molar-refractivity contribution < 1.29 is 17.6 Å². The molecule has 0 aliphatic carbocycles. The largest absolute Gasteiger partial charge is 0.433 e. The van der Waals surface area contributed by atoms with Crippen molar-refractivity contribution in [2.45, 2.75) is 13.1 Å². The fourth-order valence-corrected chi connectivity index (χ4v) is 3.83. The van der Waals surface area contributed by atoms with Gasteiger partial charge < -0.3 is 4.42 Å². The minimum Gasteiger partial charge on any atom is -0.413 e. The summed E-state index contributed by atoms with van der Waals surface area (Å²) in [7, 11) is 0. The van der Waals surface area contributed by atoms with E-state index in [0.717, 1.165) is 27.0 Å². The van der Waals surface area contributed by atoms with Crippen molar-refractivity contribution in [1.29, 1.82) is 0 Å². The highest BCUT2D eigenvalue weighted by atomic mass is 19.4. The summed E-state index contributed by atoms with van der Waals surface area (Å²) >= 11 is 0. The maximum Gasteiger partial charge on any atom is 0.433 e. The molecule has 6 rings (SSSR count). The van der Waals surface area contributed by atoms with Gasteiger partial charge >= 0.3 is 6.18 Å². The van der Waals surface area contributed by atoms with Gasteiger partial charge in [0, 0.05) is 17.0 Å². The zero-order valence-electron chi connectivity index (χ0n) is 18.2. The summed E-state index contributed by atoms with van der Waals surface area (Å²) in [6.07, 6.45) is -4.65. The van der Waals surface area contributed by atoms with Crippen molar-refractivity contribution in [2.75, 3.05) is 0 Å². The Hall–Kier alpha value is -4.60. The van der Waals surface area contributed by atoms with Crippen LogP contribution in [0.1, 0.15) is 11.3 Å². The van der Waals surface area contributed by atoms with E-state index in [0.29, 0.717) is 11.3 Å². The molecule has 0 bridgehead atoms. The molecule has 2 aromatic carbocycles. The van der Waals surface area contributed by atoms with Gasteiger partial charge in [-0.25, -0.2) is 14.5 Å². The van der Waals surface area contributed by atoms with Gasteiger partial charge in [-0.1, -0.05) is 48.0 Å². The maximum absolute atomic E-state index is 13.9. The van der Waals surface area contributed by atoms with Crippen molar-refractivity contribution >= 4 is 16.6 Å². The molecule has 0 N–H and O–H groups in total. The van der Waals surface area contributed by atoms with Gasteiger partial charge in [0.25, 0.3) is 11.8 Å². The normalized spacial score (nSPS) is 12.0. The lowest BCUT2D eigenvalue weighted by molar-refractivity contribution is -0.142. The van der Waals surface area contributed by atoms with E-state index in [1.54, 1.807) is 36.4 Å². The molecule has 7 nitrogen and oxygen atoms in total. The summed E-state index contributed by atoms with van der Waals surface area (Å²) in [5.74, 6) is 0.0965. The topological polar surface area (TPSA) is 82.0 Å². The van der Waals surface area contributed by atoms with Gasteiger partial charge in [-0.05, 0) is 31.2 Å². The standard InChI is InChI=1S/C25H15F3N6O/c1-14-7-9-17-16(11-14)8-10-18(29-17)23-31-32-24(35-23)20-13-22-30-19(15-5-3-2-4-6-15)12-21(25(26,27)28)34(22)33-20/h2-13H,1H3. The first-order valence-electron chi connectivity index (χ1n) is 10.6. The van der Waals surface area contributed by atoms with Gasteiger partial charge in [-0.2, -0.15) is 18.3 Å². The number of aromatic nitrogens is 6. The predicted molar refractivity (Wildman–Crippen MR) is 122 cm³/mol. The SMILES string of the molecule is Cc1ccc2nc(-c3nnc(-c4cc5nc(-c6ccccc6)cc(C(F)(F)F)n5n4)o3)ccc2c1. The first kappa shape index (κ1) is 21.0. The van der Waals surface area contributed by atoms with Crippen LogP contribution in [0.4, 0.5) is 13.2 Å². The van der Waals surface area contributed by atoms with Crippen molar-refractivity contribution in [3.8, 4) is 34.4 Å². The molecule has 4 aromatic heterocycles. The molecule has 0 aliphatic heterocycles. The second-order valence-electron chi connectivity index (χ2n) is 8.00. The second-order valence-corrected chi connectivity index (χ2v) is 8.00. The molecule has 0 fully saturated rings. The van der Waals surface area contributed by atoms with E-state index in [1.165, 1.54) is 6.07 Å². The van der Waals surface area contributed by atoms with E-state index in [4.69, 9.17) is 4.42 Å². The van der Waals surface area contributed by atoms with Crippen molar-refractivity contribution in [2.24, 2.45) is 0 Å². The van der Waals surface area contributed by atoms with Crippen LogP contribution in [0.2, 0.25) is 0 Å². The first-order chi connectivity index (χ1) is 16.8. The average molecular weight is 472 g/mol. The Morgan fingerprint density at radius 1 is 0.771 bits per heavy atom. The molecule has 0 saturated heterocycles. The Bertz CT molecular complexity index is 1710. The maximum atomic E-state index is 13.9. The van der Waals surface area contributed by atoms with Crippen molar-refractivity contribution in [3.63, 3.8) is 0 Å². The molecule has 0 radical (unpaired) electrons. The Kier molecular flexibility index (Phi) is 4.63. The second kappa shape index (κ2) is 7.73. The van der Waals surface area contributed by atoms with Gasteiger partial charge in [-0.3, -0.25) is 0 Å². The molecule has 0 unspecified atom stereocenters. The van der Waals surface area contributed by atoms with Crippen molar-refractivity contribution in [1.82, 2.24) is 29.8 Å². The number of nitrogens with zero attached hydrogens (tertiary/aromatic N) is 6. The molecule has 0 spiro atoms. The van der Waals surface area contributed by atoms with E-state index < -0.39 is 11.9 Å². The smallest absolute Gasteiger partial charge is 0.413 e. The Labute approximate surface area is 195 Å². The number of alkyl halides is 3. The Morgan fingerprint density at radius 3 is 2.31 bits per heavy atom. The zero-order chi connectivity index (χ0) is 24.2. The van der Waals surface area contributed by atoms with Crippen LogP contribution in [0.3, 0.4) is 0 Å². The van der Waals surface area contributed by atoms with Crippen LogP contribution in [0.25, 0.3) is 51.0 Å². The van der Waals surface area contributed by atoms with Crippen LogP contribution in [-0.2, 0) is 6.18 Å². The van der Waals surface area contributed by atoms with E-state index in [-0.39, 0.29) is 28.8 Å². The summed E-state index contributed by atoms with van der Waals surface area (Å²) in [4.78, 5) is 8.92. The van der Waals surface area contributed by atoms with Crippen LogP contribution in [0, 0.1) is 6.92 Å². The third-order valence-corrected chi connectivity index (χ3v) is 5.50. The highest BCUT2D eigenvalue weighted by Gasteiger charge is 2.35. The number of pyridine rings is 1. The molecule has 35 heavy (non-hydrogen) atoms. The zero-order valence-corrected chi connectivity index (χ0v) is 18.2. The molecular formula is C25H15F3N6O. The minimum atomic E-state index is -4.65. The molecule has 0 atom stereocenters. The lowest BCUT2D eigenvalue weighted by Gasteiger charge is -2.10. The van der Waals surface area contributed by atoms with Crippen LogP contribution in [-0.4, -0.2) is 29.8 Å². The molecule has 0 aliphatic rings. The minimum absolute atomic E-state index is 0.00706. The van der Waals surface area contributed by atoms with Crippen LogP contribution >= 0.6 is 0 Å². The van der Waals surface area contributed by atoms with E-state index >= 15 is 0 Å². The molecule has 6 aromatic rings. The van der Waals surface area contributed by atoms with E-state index in [2.05, 4.69) is 25.3 Å². The van der Waals surface area contributed by atoms with Crippen LogP contribution in [0.5, 0.6) is 0 Å². The summed E-state index contributed by atoms with van der Waals surface area (Å²) in [5, 5.41) is 13.0. The molecule has 10 heteroatoms. The lowest BCUT2D eigenvalue weighted by Crippen LogP contribution is -2.13. The number of benzene rings is 2. The lowest BCUT2D eigenvalue weighted by atomic mass is 10.1. The molecule has 4 heterocycles. The fraction of sp³-hybridized carbons (Fsp3) is 0.0800. The third kappa shape index (κ3) is 3.78. The first-order valence-corrected chi connectivity index (χ1v) is 10.6. The monoisotopic (exact) mass is 472 g/mol. The molecule has 0 saturated carbocycles. The van der Waals surface area contributed by atoms with E-state index in [1.807, 2.05) is 31.2 Å². The Morgan fingerprint density at radius 2 is 1.54 bits per heavy atom. The number of halogens is 3. The number of hydrogen-bond donors (Lipinski definition) is 0. The van der Waals surface area contributed by atoms with Crippen LogP contribution in [0.15, 0.2) is 77.2 Å². The number of hydrogen-bond acceptors (Lipinski definition) is 6. The summed E-state index contributed by atoms with van der Waals surface area (Å²) in [5.41, 5.74) is 2.17. The Balaban J connectivity index is 1.43. The number of rotatable bonds is 3. The number of aryl methyl sites for hydroxylation is 1. The summed E-state index contributed by atoms with van der Waals surface area (Å²) in [6, 6.07) is 20.5. The van der Waals surface area contributed by atoms with Gasteiger partial charge in [-0.15, -0.1) is 10.2 Å². The predicted octanol–water partition coefficient (Wildman–Crippen LogP) is 5.99. The van der Waals surface area contributed by atoms with Crippen LogP contribution < -0.4 is 0 Å². The third-order valence-electron chi connectivity index (χ3n) is 5.50. The average Bonchev–Trinajstić information content (AvgIpc) is 3.50. The van der Waals surface area contributed by atoms with Gasteiger partial charge in [0.2, 0.25) is 0 Å². The van der Waals surface area contributed by atoms with Gasteiger partial charge in [0.05, 0.1) is 11.2 Å². The van der Waals surface area contributed by atoms with E-state index in [9.17, 15) is 13.2 Å².